The van der Waals surface area contributed by atoms with Gasteiger partial charge in [-0.1, -0.05) is 13.8 Å². The zero-order chi connectivity index (χ0) is 12.9. The van der Waals surface area contributed by atoms with E-state index < -0.39 is 0 Å². The molecule has 4 nitrogen and oxygen atoms in total. The highest BCUT2D eigenvalue weighted by atomic mass is 16.2. The first-order chi connectivity index (χ1) is 8.07. The van der Waals surface area contributed by atoms with Gasteiger partial charge in [-0.3, -0.25) is 4.79 Å². The summed E-state index contributed by atoms with van der Waals surface area (Å²) in [6.45, 7) is 6.62. The molecule has 1 saturated heterocycles. The highest BCUT2D eigenvalue weighted by Gasteiger charge is 2.34. The number of amides is 1. The monoisotopic (exact) mass is 241 g/mol. The average Bonchev–Trinajstić information content (AvgIpc) is 2.32. The Hall–Kier alpha value is -0.610. The Labute approximate surface area is 105 Å². The fraction of sp³-hybridized carbons (Fsp3) is 0.923. The van der Waals surface area contributed by atoms with Gasteiger partial charge in [-0.05, 0) is 39.3 Å². The second kappa shape index (κ2) is 6.36. The molecule has 0 spiro atoms. The van der Waals surface area contributed by atoms with E-state index in [1.165, 1.54) is 0 Å². The Morgan fingerprint density at radius 1 is 1.47 bits per heavy atom. The van der Waals surface area contributed by atoms with Gasteiger partial charge in [0.05, 0.1) is 5.41 Å². The highest BCUT2D eigenvalue weighted by Crippen LogP contribution is 2.25. The van der Waals surface area contributed by atoms with E-state index in [0.717, 1.165) is 38.8 Å². The van der Waals surface area contributed by atoms with Crippen LogP contribution in [0.5, 0.6) is 0 Å². The minimum absolute atomic E-state index is 0.144. The number of nitrogens with zero attached hydrogens (tertiary/aromatic N) is 1. The molecule has 1 atom stereocenters. The number of carbonyl (C=O) groups is 1. The van der Waals surface area contributed by atoms with Gasteiger partial charge in [0.15, 0.2) is 0 Å². The second-order valence-electron chi connectivity index (χ2n) is 5.27. The lowest BCUT2D eigenvalue weighted by Gasteiger charge is -2.35. The van der Waals surface area contributed by atoms with Gasteiger partial charge in [-0.2, -0.15) is 0 Å². The maximum Gasteiger partial charge on any atom is 0.227 e. The number of likely N-dealkylation sites (N-methyl/N-ethyl adjacent to an activating group) is 1. The number of rotatable bonds is 5. The number of hydrogen-bond acceptors (Lipinski definition) is 3. The average molecular weight is 241 g/mol. The third-order valence-corrected chi connectivity index (χ3v) is 4.19. The van der Waals surface area contributed by atoms with Crippen molar-refractivity contribution in [1.29, 1.82) is 0 Å². The molecule has 1 aliphatic heterocycles. The van der Waals surface area contributed by atoms with Crippen molar-refractivity contribution in [3.63, 3.8) is 0 Å². The van der Waals surface area contributed by atoms with E-state index in [1.807, 2.05) is 13.8 Å². The second-order valence-corrected chi connectivity index (χ2v) is 5.27. The fourth-order valence-electron chi connectivity index (χ4n) is 2.58. The van der Waals surface area contributed by atoms with Gasteiger partial charge < -0.3 is 16.0 Å². The van der Waals surface area contributed by atoms with Crippen molar-refractivity contribution in [1.82, 2.24) is 10.2 Å². The largest absolute Gasteiger partial charge is 0.352 e. The number of hydrogen-bond donors (Lipinski definition) is 2. The summed E-state index contributed by atoms with van der Waals surface area (Å²) in [5, 5.41) is 3.18. The van der Waals surface area contributed by atoms with E-state index >= 15 is 0 Å². The molecule has 1 aliphatic rings. The van der Waals surface area contributed by atoms with Crippen LogP contribution in [0.15, 0.2) is 0 Å². The number of nitrogens with one attached hydrogen (secondary N) is 1. The Morgan fingerprint density at radius 2 is 2.12 bits per heavy atom. The van der Waals surface area contributed by atoms with Crippen LogP contribution < -0.4 is 11.1 Å². The number of carbonyl (C=O) groups excluding carboxylic acids is 1. The summed E-state index contributed by atoms with van der Waals surface area (Å²) in [5.41, 5.74) is 5.43. The SMILES string of the molecule is CCC(CC)(CN)C(=O)NC1CCCN(C)C1. The lowest BCUT2D eigenvalue weighted by molar-refractivity contribution is -0.132. The van der Waals surface area contributed by atoms with Gasteiger partial charge in [-0.15, -0.1) is 0 Å². The molecule has 0 saturated carbocycles. The van der Waals surface area contributed by atoms with Crippen LogP contribution >= 0.6 is 0 Å². The van der Waals surface area contributed by atoms with Gasteiger partial charge in [-0.25, -0.2) is 0 Å². The third kappa shape index (κ3) is 3.42. The van der Waals surface area contributed by atoms with Crippen LogP contribution in [0.2, 0.25) is 0 Å². The van der Waals surface area contributed by atoms with Crippen molar-refractivity contribution in [2.75, 3.05) is 26.7 Å². The molecular formula is C13H27N3O. The first-order valence-electron chi connectivity index (χ1n) is 6.77. The van der Waals surface area contributed by atoms with Crippen LogP contribution in [0.3, 0.4) is 0 Å². The highest BCUT2D eigenvalue weighted by molar-refractivity contribution is 5.83. The summed E-state index contributed by atoms with van der Waals surface area (Å²) in [4.78, 5) is 14.6. The standard InChI is InChI=1S/C13H27N3O/c1-4-13(5-2,10-14)12(17)15-11-7-6-8-16(3)9-11/h11H,4-10,14H2,1-3H3,(H,15,17). The Bertz CT molecular complexity index is 243. The van der Waals surface area contributed by atoms with Crippen molar-refractivity contribution in [2.45, 2.75) is 45.6 Å². The summed E-state index contributed by atoms with van der Waals surface area (Å²) in [6, 6.07) is 0.297. The molecule has 0 aromatic heterocycles. The summed E-state index contributed by atoms with van der Waals surface area (Å²) in [6.07, 6.45) is 3.88. The quantitative estimate of drug-likeness (QED) is 0.754. The molecule has 1 unspecified atom stereocenters. The Balaban J connectivity index is 2.57. The van der Waals surface area contributed by atoms with Gasteiger partial charge >= 0.3 is 0 Å². The van der Waals surface area contributed by atoms with E-state index in [2.05, 4.69) is 17.3 Å². The van der Waals surface area contributed by atoms with Crippen molar-refractivity contribution in [2.24, 2.45) is 11.1 Å². The molecule has 0 radical (unpaired) electrons. The molecule has 0 bridgehead atoms. The van der Waals surface area contributed by atoms with Gasteiger partial charge in [0.2, 0.25) is 5.91 Å². The lowest BCUT2D eigenvalue weighted by Crippen LogP contribution is -2.53. The van der Waals surface area contributed by atoms with E-state index in [0.29, 0.717) is 12.6 Å². The minimum Gasteiger partial charge on any atom is -0.352 e. The molecule has 0 aromatic carbocycles. The zero-order valence-corrected chi connectivity index (χ0v) is 11.5. The molecule has 100 valence electrons. The molecule has 3 N–H and O–H groups in total. The predicted octanol–water partition coefficient (Wildman–Crippen LogP) is 0.962. The first-order valence-corrected chi connectivity index (χ1v) is 6.77. The van der Waals surface area contributed by atoms with Crippen molar-refractivity contribution in [3.05, 3.63) is 0 Å². The van der Waals surface area contributed by atoms with Crippen LogP contribution in [-0.4, -0.2) is 43.5 Å². The molecule has 1 rings (SSSR count). The van der Waals surface area contributed by atoms with Gasteiger partial charge in [0.1, 0.15) is 0 Å². The summed E-state index contributed by atoms with van der Waals surface area (Å²) >= 11 is 0. The number of piperidine rings is 1. The van der Waals surface area contributed by atoms with Crippen molar-refractivity contribution < 1.29 is 4.79 Å². The first kappa shape index (κ1) is 14.5. The van der Waals surface area contributed by atoms with Crippen LogP contribution in [0.25, 0.3) is 0 Å². The van der Waals surface area contributed by atoms with Crippen molar-refractivity contribution >= 4 is 5.91 Å². The van der Waals surface area contributed by atoms with Crippen LogP contribution in [0, 0.1) is 5.41 Å². The molecule has 0 aliphatic carbocycles. The fourth-order valence-corrected chi connectivity index (χ4v) is 2.58. The molecule has 1 heterocycles. The summed E-state index contributed by atoms with van der Waals surface area (Å²) < 4.78 is 0. The van der Waals surface area contributed by atoms with Crippen LogP contribution in [-0.2, 0) is 4.79 Å². The van der Waals surface area contributed by atoms with Gasteiger partial charge in [0, 0.05) is 19.1 Å². The molecule has 1 fully saturated rings. The molecular weight excluding hydrogens is 214 g/mol. The van der Waals surface area contributed by atoms with Gasteiger partial charge in [0.25, 0.3) is 0 Å². The Kier molecular flexibility index (Phi) is 5.40. The van der Waals surface area contributed by atoms with E-state index in [-0.39, 0.29) is 11.3 Å². The van der Waals surface area contributed by atoms with Crippen LogP contribution in [0.4, 0.5) is 0 Å². The maximum absolute atomic E-state index is 12.3. The zero-order valence-electron chi connectivity index (χ0n) is 11.5. The van der Waals surface area contributed by atoms with E-state index in [1.54, 1.807) is 0 Å². The predicted molar refractivity (Wildman–Crippen MR) is 70.7 cm³/mol. The van der Waals surface area contributed by atoms with Crippen molar-refractivity contribution in [3.8, 4) is 0 Å². The number of likely N-dealkylation sites (tertiary alicyclic amines) is 1. The van der Waals surface area contributed by atoms with E-state index in [9.17, 15) is 4.79 Å². The smallest absolute Gasteiger partial charge is 0.227 e. The lowest BCUT2D eigenvalue weighted by atomic mass is 9.81. The normalized spacial score (nSPS) is 22.5. The summed E-state index contributed by atoms with van der Waals surface area (Å²) in [5.74, 6) is 0.144. The molecule has 0 aromatic rings. The third-order valence-electron chi connectivity index (χ3n) is 4.19. The number of nitrogens with two attached hydrogens (primary N) is 1. The topological polar surface area (TPSA) is 58.4 Å². The Morgan fingerprint density at radius 3 is 2.59 bits per heavy atom. The minimum atomic E-state index is -0.365. The maximum atomic E-state index is 12.3. The molecule has 17 heavy (non-hydrogen) atoms. The molecule has 1 amide bonds. The molecule has 4 heteroatoms. The summed E-state index contributed by atoms with van der Waals surface area (Å²) in [7, 11) is 2.11. The van der Waals surface area contributed by atoms with E-state index in [4.69, 9.17) is 5.73 Å². The van der Waals surface area contributed by atoms with Crippen LogP contribution in [0.1, 0.15) is 39.5 Å².